The smallest absolute Gasteiger partial charge is 0.150 e. The quantitative estimate of drug-likeness (QED) is 0.883. The van der Waals surface area contributed by atoms with Gasteiger partial charge in [-0.3, -0.25) is 0 Å². The lowest BCUT2D eigenvalue weighted by atomic mass is 10.1. The summed E-state index contributed by atoms with van der Waals surface area (Å²) in [5.74, 6) is 0.817. The van der Waals surface area contributed by atoms with Crippen LogP contribution in [0.3, 0.4) is 0 Å². The van der Waals surface area contributed by atoms with Crippen LogP contribution in [0.5, 0.6) is 0 Å². The molecule has 0 spiro atoms. The van der Waals surface area contributed by atoms with E-state index in [0.29, 0.717) is 30.2 Å². The summed E-state index contributed by atoms with van der Waals surface area (Å²) in [6.07, 6.45) is 0.745. The van der Waals surface area contributed by atoms with E-state index in [2.05, 4.69) is 11.4 Å². The van der Waals surface area contributed by atoms with Gasteiger partial charge in [-0.25, -0.2) is 8.42 Å². The number of hydrogen-bond donors (Lipinski definition) is 1. The lowest BCUT2D eigenvalue weighted by Gasteiger charge is -2.10. The largest absolute Gasteiger partial charge is 0.312 e. The van der Waals surface area contributed by atoms with Crippen LogP contribution < -0.4 is 5.32 Å². The molecule has 1 N–H and O–H groups in total. The van der Waals surface area contributed by atoms with Crippen LogP contribution in [0.1, 0.15) is 17.5 Å². The highest BCUT2D eigenvalue weighted by Crippen LogP contribution is 2.17. The topological polar surface area (TPSA) is 70.0 Å². The zero-order chi connectivity index (χ0) is 13.0. The molecule has 5 heteroatoms. The fraction of sp³-hybridized carbons (Fsp3) is 0.462. The molecule has 0 bridgehead atoms. The monoisotopic (exact) mass is 264 g/mol. The van der Waals surface area contributed by atoms with Gasteiger partial charge < -0.3 is 5.32 Å². The van der Waals surface area contributed by atoms with Crippen LogP contribution in [0, 0.1) is 17.2 Å². The summed E-state index contributed by atoms with van der Waals surface area (Å²) in [5.41, 5.74) is 1.63. The van der Waals surface area contributed by atoms with E-state index >= 15 is 0 Å². The van der Waals surface area contributed by atoms with Gasteiger partial charge in [0.2, 0.25) is 0 Å². The highest BCUT2D eigenvalue weighted by molar-refractivity contribution is 7.91. The second-order valence-electron chi connectivity index (χ2n) is 4.67. The van der Waals surface area contributed by atoms with Crippen molar-refractivity contribution in [1.29, 1.82) is 5.26 Å². The molecule has 1 aromatic carbocycles. The summed E-state index contributed by atoms with van der Waals surface area (Å²) in [4.78, 5) is 0. The van der Waals surface area contributed by atoms with E-state index in [0.717, 1.165) is 12.0 Å². The molecule has 0 radical (unpaired) electrons. The van der Waals surface area contributed by atoms with E-state index in [1.165, 1.54) is 0 Å². The van der Waals surface area contributed by atoms with Gasteiger partial charge in [-0.1, -0.05) is 18.2 Å². The van der Waals surface area contributed by atoms with Crippen molar-refractivity contribution >= 4 is 9.84 Å². The predicted octanol–water partition coefficient (Wildman–Crippen LogP) is 1.08. The third-order valence-corrected chi connectivity index (χ3v) is 5.05. The highest BCUT2D eigenvalue weighted by atomic mass is 32.2. The molecule has 1 unspecified atom stereocenters. The molecule has 1 saturated heterocycles. The van der Waals surface area contributed by atoms with Crippen molar-refractivity contribution in [2.75, 3.05) is 18.1 Å². The van der Waals surface area contributed by atoms with Gasteiger partial charge in [0, 0.05) is 6.54 Å². The maximum Gasteiger partial charge on any atom is 0.150 e. The van der Waals surface area contributed by atoms with Crippen LogP contribution >= 0.6 is 0 Å². The molecule has 1 fully saturated rings. The number of nitrogens with one attached hydrogen (secondary N) is 1. The zero-order valence-electron chi connectivity index (χ0n) is 10.1. The molecule has 0 amide bonds. The normalized spacial score (nSPS) is 21.6. The van der Waals surface area contributed by atoms with Crippen molar-refractivity contribution in [2.45, 2.75) is 13.0 Å². The fourth-order valence-corrected chi connectivity index (χ4v) is 4.09. The van der Waals surface area contributed by atoms with Crippen molar-refractivity contribution < 1.29 is 8.42 Å². The zero-order valence-corrected chi connectivity index (χ0v) is 10.9. The molecule has 0 aromatic heterocycles. The first kappa shape index (κ1) is 13.1. The third kappa shape index (κ3) is 3.31. The van der Waals surface area contributed by atoms with Gasteiger partial charge in [0.15, 0.2) is 9.84 Å². The van der Waals surface area contributed by atoms with E-state index in [-0.39, 0.29) is 5.92 Å². The Labute approximate surface area is 108 Å². The van der Waals surface area contributed by atoms with Crippen molar-refractivity contribution in [3.05, 3.63) is 35.4 Å². The Balaban J connectivity index is 1.85. The van der Waals surface area contributed by atoms with Crippen molar-refractivity contribution in [1.82, 2.24) is 5.32 Å². The van der Waals surface area contributed by atoms with Crippen LogP contribution in [0.15, 0.2) is 24.3 Å². The Kier molecular flexibility index (Phi) is 4.00. The second-order valence-corrected chi connectivity index (χ2v) is 6.90. The van der Waals surface area contributed by atoms with Crippen LogP contribution in [0.4, 0.5) is 0 Å². The second kappa shape index (κ2) is 5.51. The van der Waals surface area contributed by atoms with E-state index < -0.39 is 9.84 Å². The van der Waals surface area contributed by atoms with Crippen molar-refractivity contribution in [3.8, 4) is 6.07 Å². The van der Waals surface area contributed by atoms with Gasteiger partial charge in [-0.2, -0.15) is 5.26 Å². The Morgan fingerprint density at radius 2 is 2.17 bits per heavy atom. The number of nitrogens with zero attached hydrogens (tertiary/aromatic N) is 1. The van der Waals surface area contributed by atoms with Gasteiger partial charge in [0.25, 0.3) is 0 Å². The van der Waals surface area contributed by atoms with Crippen LogP contribution in [-0.2, 0) is 16.4 Å². The summed E-state index contributed by atoms with van der Waals surface area (Å²) >= 11 is 0. The number of hydrogen-bond acceptors (Lipinski definition) is 4. The van der Waals surface area contributed by atoms with Crippen molar-refractivity contribution in [2.24, 2.45) is 5.92 Å². The maximum atomic E-state index is 11.3. The minimum atomic E-state index is -2.80. The SMILES string of the molecule is N#Cc1ccccc1CNCC1CCS(=O)(=O)C1. The van der Waals surface area contributed by atoms with Crippen LogP contribution in [-0.4, -0.2) is 26.5 Å². The molecule has 18 heavy (non-hydrogen) atoms. The summed E-state index contributed by atoms with van der Waals surface area (Å²) in [6.45, 7) is 1.30. The molecule has 96 valence electrons. The van der Waals surface area contributed by atoms with E-state index in [4.69, 9.17) is 5.26 Å². The standard InChI is InChI=1S/C13H16N2O2S/c14-7-12-3-1-2-4-13(12)9-15-8-11-5-6-18(16,17)10-11/h1-4,11,15H,5-6,8-10H2. The average Bonchev–Trinajstić information content (AvgIpc) is 2.69. The van der Waals surface area contributed by atoms with Gasteiger partial charge in [0.05, 0.1) is 23.1 Å². The van der Waals surface area contributed by atoms with Crippen molar-refractivity contribution in [3.63, 3.8) is 0 Å². The first-order chi connectivity index (χ1) is 8.61. The summed E-state index contributed by atoms with van der Waals surface area (Å²) < 4.78 is 22.6. The van der Waals surface area contributed by atoms with Gasteiger partial charge in [-0.05, 0) is 30.5 Å². The summed E-state index contributed by atoms with van der Waals surface area (Å²) in [5, 5.41) is 12.2. The molecule has 0 aliphatic carbocycles. The van der Waals surface area contributed by atoms with E-state index in [1.54, 1.807) is 6.07 Å². The number of benzene rings is 1. The van der Waals surface area contributed by atoms with Gasteiger partial charge in [0.1, 0.15) is 0 Å². The van der Waals surface area contributed by atoms with Gasteiger partial charge in [-0.15, -0.1) is 0 Å². The minimum absolute atomic E-state index is 0.212. The van der Waals surface area contributed by atoms with Crippen LogP contribution in [0.25, 0.3) is 0 Å². The molecule has 2 rings (SSSR count). The minimum Gasteiger partial charge on any atom is -0.312 e. The first-order valence-electron chi connectivity index (χ1n) is 6.00. The lowest BCUT2D eigenvalue weighted by molar-refractivity contribution is 0.520. The molecule has 1 atom stereocenters. The van der Waals surface area contributed by atoms with Gasteiger partial charge >= 0.3 is 0 Å². The molecule has 0 saturated carbocycles. The summed E-state index contributed by atoms with van der Waals surface area (Å²) in [6, 6.07) is 9.59. The molecular weight excluding hydrogens is 248 g/mol. The summed E-state index contributed by atoms with van der Waals surface area (Å²) in [7, 11) is -2.80. The molecule has 1 aliphatic rings. The Hall–Kier alpha value is -1.38. The number of nitriles is 1. The Morgan fingerprint density at radius 3 is 2.83 bits per heavy atom. The molecule has 1 aromatic rings. The molecule has 4 nitrogen and oxygen atoms in total. The third-order valence-electron chi connectivity index (χ3n) is 3.21. The Bertz CT molecular complexity index is 561. The maximum absolute atomic E-state index is 11.3. The molecular formula is C13H16N2O2S. The number of sulfone groups is 1. The molecule has 1 aliphatic heterocycles. The van der Waals surface area contributed by atoms with Crippen LogP contribution in [0.2, 0.25) is 0 Å². The Morgan fingerprint density at radius 1 is 1.39 bits per heavy atom. The predicted molar refractivity (Wildman–Crippen MR) is 69.6 cm³/mol. The molecule has 1 heterocycles. The lowest BCUT2D eigenvalue weighted by Crippen LogP contribution is -2.23. The highest BCUT2D eigenvalue weighted by Gasteiger charge is 2.27. The fourth-order valence-electron chi connectivity index (χ4n) is 2.23. The first-order valence-corrected chi connectivity index (χ1v) is 7.82. The average molecular weight is 264 g/mol. The van der Waals surface area contributed by atoms with E-state index in [9.17, 15) is 8.42 Å². The number of rotatable bonds is 4. The van der Waals surface area contributed by atoms with E-state index in [1.807, 2.05) is 18.2 Å².